The Morgan fingerprint density at radius 2 is 2.29 bits per heavy atom. The van der Waals surface area contributed by atoms with Crippen molar-refractivity contribution in [3.8, 4) is 0 Å². The Labute approximate surface area is 84.7 Å². The number of hydrogen-bond donors (Lipinski definition) is 1. The molecular weight excluding hydrogens is 174 g/mol. The summed E-state index contributed by atoms with van der Waals surface area (Å²) in [5, 5.41) is 9.73. The molecule has 0 spiro atoms. The molecule has 1 aliphatic heterocycles. The Bertz CT molecular complexity index is 370. The van der Waals surface area contributed by atoms with Crippen molar-refractivity contribution in [2.45, 2.75) is 20.3 Å². The Morgan fingerprint density at radius 3 is 2.71 bits per heavy atom. The van der Waals surface area contributed by atoms with Crippen molar-refractivity contribution in [2.24, 2.45) is 4.99 Å². The maximum atomic E-state index is 9.73. The highest BCUT2D eigenvalue weighted by molar-refractivity contribution is 5.89. The molecular formula is C12H15NO. The second kappa shape index (κ2) is 4.09. The lowest BCUT2D eigenvalue weighted by molar-refractivity contribution is 0.421. The summed E-state index contributed by atoms with van der Waals surface area (Å²) in [5.41, 5.74) is 3.25. The van der Waals surface area contributed by atoms with E-state index in [1.54, 1.807) is 12.3 Å². The largest absolute Gasteiger partial charge is 0.506 e. The molecule has 14 heavy (non-hydrogen) atoms. The number of aliphatic imine (C=N–C) groups is 1. The molecule has 0 unspecified atom stereocenters. The first kappa shape index (κ1) is 10.5. The number of nitrogens with zero attached hydrogens (tertiary/aromatic N) is 1. The Hall–Kier alpha value is -1.57. The third kappa shape index (κ3) is 2.02. The standard InChI is InChI=1S/C12H15NO/c1-5-8(2)6-11(14)12-10(4)9(3)7-13-12/h6-7,14H,2-3,5H2,1,4H3. The van der Waals surface area contributed by atoms with Crippen LogP contribution in [0.2, 0.25) is 0 Å². The molecule has 0 radical (unpaired) electrons. The summed E-state index contributed by atoms with van der Waals surface area (Å²) in [5.74, 6) is 0.171. The topological polar surface area (TPSA) is 32.6 Å². The smallest absolute Gasteiger partial charge is 0.141 e. The summed E-state index contributed by atoms with van der Waals surface area (Å²) in [4.78, 5) is 4.08. The quantitative estimate of drug-likeness (QED) is 0.536. The molecule has 1 aliphatic rings. The minimum atomic E-state index is 0.171. The lowest BCUT2D eigenvalue weighted by Gasteiger charge is -2.01. The van der Waals surface area contributed by atoms with E-state index in [2.05, 4.69) is 18.2 Å². The van der Waals surface area contributed by atoms with Gasteiger partial charge in [0, 0.05) is 6.21 Å². The zero-order valence-electron chi connectivity index (χ0n) is 8.67. The maximum Gasteiger partial charge on any atom is 0.141 e. The Balaban J connectivity index is 2.96. The van der Waals surface area contributed by atoms with Crippen molar-refractivity contribution in [1.29, 1.82) is 0 Å². The zero-order chi connectivity index (χ0) is 10.7. The maximum absolute atomic E-state index is 9.73. The fourth-order valence-electron chi connectivity index (χ4n) is 1.11. The second-order valence-corrected chi connectivity index (χ2v) is 3.30. The van der Waals surface area contributed by atoms with Crippen molar-refractivity contribution in [3.63, 3.8) is 0 Å². The third-order valence-corrected chi connectivity index (χ3v) is 2.22. The first-order valence-corrected chi connectivity index (χ1v) is 4.59. The van der Waals surface area contributed by atoms with E-state index in [1.807, 2.05) is 13.8 Å². The van der Waals surface area contributed by atoms with Gasteiger partial charge in [-0.15, -0.1) is 0 Å². The van der Waals surface area contributed by atoms with Crippen LogP contribution in [0, 0.1) is 0 Å². The van der Waals surface area contributed by atoms with Crippen LogP contribution in [-0.4, -0.2) is 11.3 Å². The van der Waals surface area contributed by atoms with Gasteiger partial charge in [-0.1, -0.05) is 25.7 Å². The number of rotatable bonds is 3. The van der Waals surface area contributed by atoms with Gasteiger partial charge in [0.15, 0.2) is 0 Å². The van der Waals surface area contributed by atoms with E-state index >= 15 is 0 Å². The van der Waals surface area contributed by atoms with Crippen molar-refractivity contribution in [2.75, 3.05) is 0 Å². The third-order valence-electron chi connectivity index (χ3n) is 2.22. The molecule has 0 aromatic carbocycles. The summed E-state index contributed by atoms with van der Waals surface area (Å²) < 4.78 is 0. The Kier molecular flexibility index (Phi) is 3.07. The van der Waals surface area contributed by atoms with Crippen molar-refractivity contribution in [3.05, 3.63) is 47.4 Å². The van der Waals surface area contributed by atoms with E-state index in [-0.39, 0.29) is 5.76 Å². The highest BCUT2D eigenvalue weighted by Crippen LogP contribution is 2.24. The van der Waals surface area contributed by atoms with Crippen LogP contribution < -0.4 is 0 Å². The summed E-state index contributed by atoms with van der Waals surface area (Å²) in [6, 6.07) is 0. The van der Waals surface area contributed by atoms with Gasteiger partial charge in [0.1, 0.15) is 11.5 Å². The first-order valence-electron chi connectivity index (χ1n) is 4.59. The second-order valence-electron chi connectivity index (χ2n) is 3.30. The van der Waals surface area contributed by atoms with Gasteiger partial charge in [0.2, 0.25) is 0 Å². The monoisotopic (exact) mass is 189 g/mol. The molecule has 0 fully saturated rings. The molecule has 0 amide bonds. The van der Waals surface area contributed by atoms with Crippen molar-refractivity contribution < 1.29 is 5.11 Å². The first-order chi connectivity index (χ1) is 6.56. The molecule has 74 valence electrons. The van der Waals surface area contributed by atoms with Crippen LogP contribution in [0.1, 0.15) is 20.3 Å². The summed E-state index contributed by atoms with van der Waals surface area (Å²) in [6.07, 6.45) is 4.12. The highest BCUT2D eigenvalue weighted by atomic mass is 16.3. The van der Waals surface area contributed by atoms with E-state index < -0.39 is 0 Å². The van der Waals surface area contributed by atoms with Gasteiger partial charge in [-0.3, -0.25) is 4.99 Å². The van der Waals surface area contributed by atoms with Crippen LogP contribution in [0.25, 0.3) is 0 Å². The van der Waals surface area contributed by atoms with Crippen LogP contribution in [-0.2, 0) is 0 Å². The van der Waals surface area contributed by atoms with Gasteiger partial charge in [-0.2, -0.15) is 0 Å². The molecule has 0 aliphatic carbocycles. The predicted molar refractivity (Wildman–Crippen MR) is 60.5 cm³/mol. The number of aliphatic hydroxyl groups excluding tert-OH is 1. The number of allylic oxidation sites excluding steroid dienone is 4. The average Bonchev–Trinajstić information content (AvgIpc) is 2.47. The lowest BCUT2D eigenvalue weighted by atomic mass is 10.1. The molecule has 0 saturated heterocycles. The predicted octanol–water partition coefficient (Wildman–Crippen LogP) is 3.31. The van der Waals surface area contributed by atoms with Gasteiger partial charge in [0.25, 0.3) is 0 Å². The molecule has 2 nitrogen and oxygen atoms in total. The van der Waals surface area contributed by atoms with E-state index in [0.29, 0.717) is 5.70 Å². The van der Waals surface area contributed by atoms with Crippen LogP contribution in [0.4, 0.5) is 0 Å². The summed E-state index contributed by atoms with van der Waals surface area (Å²) >= 11 is 0. The zero-order valence-corrected chi connectivity index (χ0v) is 8.67. The average molecular weight is 189 g/mol. The van der Waals surface area contributed by atoms with E-state index in [1.165, 1.54) is 0 Å². The number of hydrogen-bond acceptors (Lipinski definition) is 2. The number of aliphatic hydroxyl groups is 1. The normalized spacial score (nSPS) is 16.7. The van der Waals surface area contributed by atoms with Crippen LogP contribution in [0.3, 0.4) is 0 Å². The van der Waals surface area contributed by atoms with Gasteiger partial charge in [0.05, 0.1) is 0 Å². The van der Waals surface area contributed by atoms with Gasteiger partial charge >= 0.3 is 0 Å². The minimum Gasteiger partial charge on any atom is -0.506 e. The SMILES string of the molecule is C=C(C=C(O)C1=C(C)C(=C)C=N1)CC. The lowest BCUT2D eigenvalue weighted by Crippen LogP contribution is -1.88. The van der Waals surface area contributed by atoms with Crippen molar-refractivity contribution in [1.82, 2.24) is 0 Å². The summed E-state index contributed by atoms with van der Waals surface area (Å²) in [7, 11) is 0. The van der Waals surface area contributed by atoms with E-state index in [4.69, 9.17) is 0 Å². The molecule has 1 N–H and O–H groups in total. The van der Waals surface area contributed by atoms with Gasteiger partial charge in [-0.05, 0) is 30.6 Å². The molecule has 0 atom stereocenters. The van der Waals surface area contributed by atoms with Gasteiger partial charge in [-0.25, -0.2) is 0 Å². The van der Waals surface area contributed by atoms with Crippen LogP contribution >= 0.6 is 0 Å². The summed E-state index contributed by atoms with van der Waals surface area (Å²) in [6.45, 7) is 11.5. The van der Waals surface area contributed by atoms with Crippen LogP contribution in [0.5, 0.6) is 0 Å². The fourth-order valence-corrected chi connectivity index (χ4v) is 1.11. The Morgan fingerprint density at radius 1 is 1.64 bits per heavy atom. The molecule has 2 heteroatoms. The molecule has 0 saturated carbocycles. The van der Waals surface area contributed by atoms with Crippen LogP contribution in [0.15, 0.2) is 52.4 Å². The van der Waals surface area contributed by atoms with E-state index in [9.17, 15) is 5.11 Å². The van der Waals surface area contributed by atoms with E-state index in [0.717, 1.165) is 23.1 Å². The highest BCUT2D eigenvalue weighted by Gasteiger charge is 2.13. The minimum absolute atomic E-state index is 0.171. The fraction of sp³-hybridized carbons (Fsp3) is 0.250. The molecule has 0 aromatic heterocycles. The molecule has 1 rings (SSSR count). The molecule has 0 bridgehead atoms. The van der Waals surface area contributed by atoms with Crippen molar-refractivity contribution >= 4 is 6.21 Å². The molecule has 0 aromatic rings. The van der Waals surface area contributed by atoms with Gasteiger partial charge < -0.3 is 5.11 Å². The molecule has 1 heterocycles.